The summed E-state index contributed by atoms with van der Waals surface area (Å²) in [4.78, 5) is 33.9. The van der Waals surface area contributed by atoms with E-state index in [-0.39, 0.29) is 62.6 Å². The molecular formula is C88H105BBr5ClF2I2KN14O9Si3. The van der Waals surface area contributed by atoms with Crippen LogP contribution in [0.15, 0.2) is 202 Å². The first-order chi connectivity index (χ1) is 59.5. The first-order valence-corrected chi connectivity index (χ1v) is 58.4. The smallest absolute Gasteiger partial charge is 0.870 e. The Morgan fingerprint density at radius 2 is 0.849 bits per heavy atom. The van der Waals surface area contributed by atoms with E-state index in [1.807, 2.05) is 52.1 Å². The first kappa shape index (κ1) is 107. The summed E-state index contributed by atoms with van der Waals surface area (Å²) in [6, 6.07) is 49.0. The topological polar surface area (TPSA) is 258 Å². The van der Waals surface area contributed by atoms with E-state index < -0.39 is 36.1 Å². The second kappa shape index (κ2) is 54.4. The van der Waals surface area contributed by atoms with Crippen LogP contribution in [0, 0.1) is 11.9 Å². The van der Waals surface area contributed by atoms with Crippen LogP contribution in [0.5, 0.6) is 5.75 Å². The summed E-state index contributed by atoms with van der Waals surface area (Å²) in [7, 11) is -2.63. The van der Waals surface area contributed by atoms with E-state index in [1.165, 1.54) is 64.0 Å². The fraction of sp³-hybridized carbons (Fsp3) is 0.375. The summed E-state index contributed by atoms with van der Waals surface area (Å²) in [6.45, 7) is 37.1. The van der Waals surface area contributed by atoms with Gasteiger partial charge in [0.05, 0.1) is 76.0 Å². The molecule has 38 heteroatoms. The molecule has 17 rings (SSSR count). The van der Waals surface area contributed by atoms with E-state index in [0.717, 1.165) is 228 Å². The van der Waals surface area contributed by atoms with E-state index in [9.17, 15) is 8.78 Å². The number of aromatic nitrogens is 8. The number of benzene rings is 5. The van der Waals surface area contributed by atoms with Crippen LogP contribution in [0.3, 0.4) is 0 Å². The van der Waals surface area contributed by atoms with Gasteiger partial charge < -0.3 is 58.7 Å². The zero-order valence-corrected chi connectivity index (χ0v) is 91.6. The molecule has 0 spiro atoms. The van der Waals surface area contributed by atoms with Crippen molar-refractivity contribution >= 4 is 215 Å². The quantitative estimate of drug-likeness (QED) is 0.0223. The Kier molecular flexibility index (Phi) is 46.4. The number of ether oxygens (including phenoxy) is 6. The third-order valence-electron chi connectivity index (χ3n) is 19.5. The molecule has 6 aromatic heterocycles. The Morgan fingerprint density at radius 3 is 1.27 bits per heavy atom. The van der Waals surface area contributed by atoms with Gasteiger partial charge in [-0.05, 0) is 189 Å². The van der Waals surface area contributed by atoms with Gasteiger partial charge in [-0.1, -0.05) is 168 Å². The molecule has 0 bridgehead atoms. The number of anilines is 2. The standard InChI is InChI=1S/C22H29BrN4O2Si.C18H21BrFN3OSi.C17H16BrN3O.2C8H5BrIN.C6H15ClOSi.C5H4BFNO2.C4H9NO.K.H2O/c1-30(2,3)13-12-29-16-27-20-5-4-18(23)15-19(20)22(25-27)17-6-7-24-21(14-17)26-8-10-28-11-9-26;1-25(2,3)9-8-24-12-23-16-5-4-14(19)11-15(16)18(22-23)13-6-7-21-17(20)10-13;18-14-2-1-13-11-20-17(15(13)10-14)12-3-4-19-16(9-12)21-5-7-22-8-6-21;2*9-6-2-1-5-4-11-8(10)7(5)3-6;1-9(2,3)5-4-8-6-7;7-5-3-4(10-6-9)1-2-8-5;1-3-6-4-2-5-1;;/h4-7,14-15H,8-13,16H2,1-3H3;4-7,10-11H,8-9,12H2,1-3H3;1-4,9-10H,5-8,11H2;2*1-3H,4H2;4-6H2,1-3H3;1-3,9H;5H,1-4H2;;1H2/q;;;;;;;;+1;/p-1. The van der Waals surface area contributed by atoms with Gasteiger partial charge in [0.15, 0.2) is 0 Å². The first-order valence-electron chi connectivity index (χ1n) is 40.6. The number of aliphatic imine (C=N–C) groups is 3. The number of morpholine rings is 3. The Labute approximate surface area is 858 Å². The van der Waals surface area contributed by atoms with Crippen LogP contribution in [0.25, 0.3) is 44.3 Å². The number of nitrogens with one attached hydrogen (secondary N) is 1. The minimum Gasteiger partial charge on any atom is -0.870 e. The molecule has 0 amide bonds. The molecule has 3 fully saturated rings. The van der Waals surface area contributed by atoms with Crippen LogP contribution < -0.4 is 71.2 Å². The van der Waals surface area contributed by atoms with Crippen LogP contribution in [-0.4, -0.2) is 200 Å². The van der Waals surface area contributed by atoms with Gasteiger partial charge in [-0.2, -0.15) is 19.0 Å². The molecule has 0 atom stereocenters. The number of fused-ring (bicyclic) bond motifs is 5. The third kappa shape index (κ3) is 35.5. The number of halogens is 10. The summed E-state index contributed by atoms with van der Waals surface area (Å²) in [5, 5.41) is 22.9. The fourth-order valence-electron chi connectivity index (χ4n) is 12.7. The van der Waals surface area contributed by atoms with Crippen molar-refractivity contribution in [3.05, 3.63) is 238 Å². The summed E-state index contributed by atoms with van der Waals surface area (Å²) in [6.07, 6.45) is 6.44. The van der Waals surface area contributed by atoms with Crippen molar-refractivity contribution in [3.8, 4) is 28.3 Å². The van der Waals surface area contributed by atoms with Gasteiger partial charge in [0.25, 0.3) is 0 Å². The Morgan fingerprint density at radius 1 is 0.468 bits per heavy atom. The number of rotatable bonds is 21. The maximum absolute atomic E-state index is 13.5. The molecule has 0 saturated carbocycles. The molecule has 6 aliphatic rings. The predicted octanol–water partition coefficient (Wildman–Crippen LogP) is 18.7. The maximum Gasteiger partial charge on any atom is 1.00 e. The van der Waals surface area contributed by atoms with E-state index in [1.54, 1.807) is 6.07 Å². The summed E-state index contributed by atoms with van der Waals surface area (Å²) < 4.78 is 74.3. The summed E-state index contributed by atoms with van der Waals surface area (Å²) in [5.41, 5.74) is 15.4. The zero-order chi connectivity index (χ0) is 88.8. The molecule has 3 N–H and O–H groups in total. The van der Waals surface area contributed by atoms with E-state index in [4.69, 9.17) is 55.1 Å². The molecule has 0 unspecified atom stereocenters. The van der Waals surface area contributed by atoms with E-state index >= 15 is 0 Å². The van der Waals surface area contributed by atoms with Crippen LogP contribution in [-0.2, 0) is 61.5 Å². The zero-order valence-electron chi connectivity index (χ0n) is 72.5. The minimum absolute atomic E-state index is 0. The molecule has 11 aromatic rings. The van der Waals surface area contributed by atoms with Crippen molar-refractivity contribution in [2.75, 3.05) is 115 Å². The second-order valence-electron chi connectivity index (χ2n) is 32.6. The molecule has 667 valence electrons. The van der Waals surface area contributed by atoms with E-state index in [0.29, 0.717) is 32.8 Å². The second-order valence-corrected chi connectivity index (χ2v) is 56.3. The normalized spacial score (nSPS) is 14.3. The Balaban J connectivity index is 0.000000187. The average Bonchev–Trinajstić information content (AvgIpc) is 1.64. The Bertz CT molecular complexity index is 5330. The Hall–Kier alpha value is -3.95. The van der Waals surface area contributed by atoms with Crippen molar-refractivity contribution in [3.63, 3.8) is 0 Å². The van der Waals surface area contributed by atoms with Crippen LogP contribution >= 0.6 is 136 Å². The summed E-state index contributed by atoms with van der Waals surface area (Å²) >= 11 is 27.4. The molecule has 1 radical (unpaired) electrons. The van der Waals surface area contributed by atoms with Crippen LogP contribution in [0.4, 0.5) is 20.4 Å². The number of alkyl halides is 1. The molecule has 12 heterocycles. The maximum atomic E-state index is 13.5. The number of nitrogens with zero attached hydrogens (tertiary/aromatic N) is 13. The molecule has 126 heavy (non-hydrogen) atoms. The van der Waals surface area contributed by atoms with Gasteiger partial charge in [0.1, 0.15) is 55.7 Å². The minimum atomic E-state index is -1.12. The van der Waals surface area contributed by atoms with Crippen LogP contribution in [0.2, 0.25) is 77.1 Å². The third-order valence-corrected chi connectivity index (χ3v) is 29.0. The number of hydrogen-bond acceptors (Lipinski definition) is 21. The van der Waals surface area contributed by atoms with Crippen molar-refractivity contribution in [1.82, 2.24) is 44.8 Å². The van der Waals surface area contributed by atoms with Gasteiger partial charge in [0.2, 0.25) is 11.9 Å². The largest absolute Gasteiger partial charge is 1.00 e. The van der Waals surface area contributed by atoms with Crippen molar-refractivity contribution in [2.45, 2.75) is 110 Å². The summed E-state index contributed by atoms with van der Waals surface area (Å²) in [5.74, 6) is 1.04. The van der Waals surface area contributed by atoms with Gasteiger partial charge in [-0.25, -0.2) is 29.3 Å². The predicted molar refractivity (Wildman–Crippen MR) is 543 cm³/mol. The van der Waals surface area contributed by atoms with Gasteiger partial charge in [0, 0.05) is 187 Å². The molecule has 6 aliphatic heterocycles. The SMILES string of the molecule is Brc1ccc2c(c1)C(I)=NC2.Brc1ccc2c(c1)C(I)=NC2.Brc1ccc2c(c1)C(c1ccnc(N3CCOCC3)c1)=NC2.C1COCCN1.C[Si](C)(C)CCOCCl.C[Si](C)(C)CCOCn1nc(-c2ccnc(F)c2)c2cc(Br)ccc21.C[Si](C)(C)CCOCn1nc(-c2ccnc(N3CCOCC3)c2)c2cc(Br)ccc21.O[B]Oc1ccnc(F)c1.[K+].[OH-]. The monoisotopic (exact) mass is 2360 g/mol. The van der Waals surface area contributed by atoms with Gasteiger partial charge in [-0.15, -0.1) is 0 Å². The van der Waals surface area contributed by atoms with Crippen molar-refractivity contribution in [1.29, 1.82) is 0 Å². The molecule has 23 nitrogen and oxygen atoms in total. The van der Waals surface area contributed by atoms with Crippen LogP contribution in [0.1, 0.15) is 38.9 Å². The van der Waals surface area contributed by atoms with Gasteiger partial charge in [-0.3, -0.25) is 15.0 Å². The number of pyridine rings is 4. The van der Waals surface area contributed by atoms with Gasteiger partial charge >= 0.3 is 59.1 Å². The fourth-order valence-corrected chi connectivity index (χ4v) is 18.2. The molecule has 5 aromatic carbocycles. The van der Waals surface area contributed by atoms with Crippen molar-refractivity contribution in [2.24, 2.45) is 15.0 Å². The average molecular weight is 2360 g/mol. The molecular weight excluding hydrogens is 2260 g/mol. The molecule has 3 saturated heterocycles. The number of hydrogen-bond donors (Lipinski definition) is 2. The van der Waals surface area contributed by atoms with E-state index in [2.05, 4.69) is 323 Å². The molecule has 0 aliphatic carbocycles. The van der Waals surface area contributed by atoms with Crippen molar-refractivity contribution < 1.29 is 104 Å².